The van der Waals surface area contributed by atoms with Crippen molar-refractivity contribution in [2.45, 2.75) is 25.6 Å². The minimum Gasteiger partial charge on any atom is -0.493 e. The summed E-state index contributed by atoms with van der Waals surface area (Å²) in [6.07, 6.45) is 1.73. The summed E-state index contributed by atoms with van der Waals surface area (Å²) in [5, 5.41) is 0.559. The number of nitrogens with zero attached hydrogens (tertiary/aromatic N) is 2. The lowest BCUT2D eigenvalue weighted by Gasteiger charge is -2.23. The Labute approximate surface area is 176 Å². The molecule has 3 aromatic rings. The number of thiazole rings is 1. The van der Waals surface area contributed by atoms with Crippen molar-refractivity contribution in [1.82, 2.24) is 4.98 Å². The topological polar surface area (TPSA) is 60.9 Å². The molecule has 4 rings (SSSR count). The van der Waals surface area contributed by atoms with Crippen LogP contribution in [-0.4, -0.2) is 43.9 Å². The Morgan fingerprint density at radius 3 is 2.83 bits per heavy atom. The molecule has 1 aliphatic heterocycles. The van der Waals surface area contributed by atoms with Crippen LogP contribution < -0.4 is 14.4 Å². The molecule has 1 aromatic heterocycles. The summed E-state index contributed by atoms with van der Waals surface area (Å²) in [5.74, 6) is -0.385. The SMILES string of the molecule is COc1cc(C(=O)N(CC2CCCO2)c2nc3ccccc3s2)ccc1OC(F)F. The van der Waals surface area contributed by atoms with Crippen LogP contribution in [0.15, 0.2) is 42.5 Å². The van der Waals surface area contributed by atoms with Gasteiger partial charge in [0.05, 0.1) is 30.0 Å². The quantitative estimate of drug-likeness (QED) is 0.538. The number of hydrogen-bond acceptors (Lipinski definition) is 6. The zero-order chi connectivity index (χ0) is 21.1. The summed E-state index contributed by atoms with van der Waals surface area (Å²) >= 11 is 1.42. The fraction of sp³-hybridized carbons (Fsp3) is 0.333. The standard InChI is InChI=1S/C21H20F2N2O4S/c1-27-17-11-13(8-9-16(17)29-20(22)23)19(26)25(12-14-5-4-10-28-14)21-24-15-6-2-3-7-18(15)30-21/h2-3,6-9,11,14,20H,4-5,10,12H2,1H3. The second-order valence-corrected chi connectivity index (χ2v) is 7.77. The third kappa shape index (κ3) is 4.36. The van der Waals surface area contributed by atoms with Crippen molar-refractivity contribution in [3.63, 3.8) is 0 Å². The average molecular weight is 434 g/mol. The van der Waals surface area contributed by atoms with Crippen LogP contribution in [0.3, 0.4) is 0 Å². The van der Waals surface area contributed by atoms with E-state index in [4.69, 9.17) is 9.47 Å². The largest absolute Gasteiger partial charge is 0.493 e. The van der Waals surface area contributed by atoms with E-state index in [1.54, 1.807) is 4.90 Å². The van der Waals surface area contributed by atoms with Gasteiger partial charge in [0.1, 0.15) is 0 Å². The first-order valence-corrected chi connectivity index (χ1v) is 10.3. The van der Waals surface area contributed by atoms with Gasteiger partial charge in [0.15, 0.2) is 16.6 Å². The van der Waals surface area contributed by atoms with E-state index in [0.717, 1.165) is 23.1 Å². The Morgan fingerprint density at radius 1 is 1.30 bits per heavy atom. The van der Waals surface area contributed by atoms with Crippen molar-refractivity contribution in [2.75, 3.05) is 25.2 Å². The van der Waals surface area contributed by atoms with Crippen LogP contribution in [0, 0.1) is 0 Å². The molecule has 0 spiro atoms. The minimum atomic E-state index is -2.99. The van der Waals surface area contributed by atoms with Crippen molar-refractivity contribution in [2.24, 2.45) is 0 Å². The third-order valence-corrected chi connectivity index (χ3v) is 5.85. The lowest BCUT2D eigenvalue weighted by Crippen LogP contribution is -2.37. The van der Waals surface area contributed by atoms with Gasteiger partial charge >= 0.3 is 6.61 Å². The number of carbonyl (C=O) groups excluding carboxylic acids is 1. The number of halogens is 2. The number of amides is 1. The van der Waals surface area contributed by atoms with Gasteiger partial charge < -0.3 is 14.2 Å². The van der Waals surface area contributed by atoms with Gasteiger partial charge in [-0.2, -0.15) is 8.78 Å². The fourth-order valence-electron chi connectivity index (χ4n) is 3.37. The van der Waals surface area contributed by atoms with Crippen LogP contribution in [0.2, 0.25) is 0 Å². The van der Waals surface area contributed by atoms with Gasteiger partial charge in [-0.1, -0.05) is 23.5 Å². The molecule has 0 aliphatic carbocycles. The Kier molecular flexibility index (Phi) is 6.10. The van der Waals surface area contributed by atoms with Crippen molar-refractivity contribution in [1.29, 1.82) is 0 Å². The van der Waals surface area contributed by atoms with Crippen molar-refractivity contribution < 1.29 is 27.8 Å². The highest BCUT2D eigenvalue weighted by Crippen LogP contribution is 2.33. The summed E-state index contributed by atoms with van der Waals surface area (Å²) in [6, 6.07) is 11.8. The molecule has 1 atom stereocenters. The Morgan fingerprint density at radius 2 is 2.13 bits per heavy atom. The van der Waals surface area contributed by atoms with Gasteiger partial charge in [-0.3, -0.25) is 9.69 Å². The highest BCUT2D eigenvalue weighted by atomic mass is 32.1. The van der Waals surface area contributed by atoms with E-state index in [2.05, 4.69) is 9.72 Å². The molecule has 1 aliphatic rings. The number of carbonyl (C=O) groups is 1. The molecule has 30 heavy (non-hydrogen) atoms. The van der Waals surface area contributed by atoms with E-state index in [-0.39, 0.29) is 29.1 Å². The Bertz CT molecular complexity index is 1000. The van der Waals surface area contributed by atoms with E-state index in [0.29, 0.717) is 18.3 Å². The van der Waals surface area contributed by atoms with Gasteiger partial charge in [0, 0.05) is 12.2 Å². The van der Waals surface area contributed by atoms with Crippen molar-refractivity contribution >= 4 is 32.6 Å². The summed E-state index contributed by atoms with van der Waals surface area (Å²) in [4.78, 5) is 19.6. The Hall–Kier alpha value is -2.78. The van der Waals surface area contributed by atoms with E-state index in [1.165, 1.54) is 36.6 Å². The number of benzene rings is 2. The number of methoxy groups -OCH3 is 1. The number of fused-ring (bicyclic) bond motifs is 1. The molecule has 1 fully saturated rings. The number of hydrogen-bond donors (Lipinski definition) is 0. The molecule has 1 saturated heterocycles. The molecule has 2 heterocycles. The molecular weight excluding hydrogens is 414 g/mol. The molecule has 158 valence electrons. The Balaban J connectivity index is 1.68. The van der Waals surface area contributed by atoms with Crippen LogP contribution >= 0.6 is 11.3 Å². The van der Waals surface area contributed by atoms with Crippen LogP contribution in [0.25, 0.3) is 10.2 Å². The monoisotopic (exact) mass is 434 g/mol. The summed E-state index contributed by atoms with van der Waals surface area (Å²) in [6.45, 7) is -1.96. The van der Waals surface area contributed by atoms with Gasteiger partial charge in [-0.05, 0) is 43.2 Å². The van der Waals surface area contributed by atoms with E-state index >= 15 is 0 Å². The van der Waals surface area contributed by atoms with Crippen molar-refractivity contribution in [3.8, 4) is 11.5 Å². The number of ether oxygens (including phenoxy) is 3. The molecule has 9 heteroatoms. The molecule has 1 unspecified atom stereocenters. The fourth-order valence-corrected chi connectivity index (χ4v) is 4.34. The van der Waals surface area contributed by atoms with Crippen LogP contribution in [0.4, 0.5) is 13.9 Å². The number of alkyl halides is 2. The second kappa shape index (κ2) is 8.93. The number of para-hydroxylation sites is 1. The molecular formula is C21H20F2N2O4S. The highest BCUT2D eigenvalue weighted by molar-refractivity contribution is 7.22. The predicted octanol–water partition coefficient (Wildman–Crippen LogP) is 4.73. The minimum absolute atomic E-state index is 0.0579. The molecule has 0 saturated carbocycles. The molecule has 0 radical (unpaired) electrons. The first kappa shape index (κ1) is 20.5. The van der Waals surface area contributed by atoms with E-state index in [1.807, 2.05) is 24.3 Å². The van der Waals surface area contributed by atoms with Crippen LogP contribution in [0.5, 0.6) is 11.5 Å². The maximum Gasteiger partial charge on any atom is 0.387 e. The van der Waals surface area contributed by atoms with E-state index < -0.39 is 6.61 Å². The number of rotatable bonds is 7. The van der Waals surface area contributed by atoms with Crippen LogP contribution in [0.1, 0.15) is 23.2 Å². The molecule has 1 amide bonds. The molecule has 2 aromatic carbocycles. The molecule has 6 nitrogen and oxygen atoms in total. The first-order valence-electron chi connectivity index (χ1n) is 9.47. The van der Waals surface area contributed by atoms with Gasteiger partial charge in [-0.15, -0.1) is 0 Å². The van der Waals surface area contributed by atoms with Gasteiger partial charge in [0.2, 0.25) is 0 Å². The van der Waals surface area contributed by atoms with Crippen LogP contribution in [-0.2, 0) is 4.74 Å². The maximum absolute atomic E-state index is 13.4. The summed E-state index contributed by atoms with van der Waals surface area (Å²) < 4.78 is 41.5. The molecule has 0 N–H and O–H groups in total. The van der Waals surface area contributed by atoms with Gasteiger partial charge in [0.25, 0.3) is 5.91 Å². The average Bonchev–Trinajstić information content (AvgIpc) is 3.40. The summed E-state index contributed by atoms with van der Waals surface area (Å²) in [7, 11) is 1.33. The maximum atomic E-state index is 13.4. The summed E-state index contributed by atoms with van der Waals surface area (Å²) in [5.41, 5.74) is 1.09. The molecule has 0 bridgehead atoms. The smallest absolute Gasteiger partial charge is 0.387 e. The highest BCUT2D eigenvalue weighted by Gasteiger charge is 2.28. The lowest BCUT2D eigenvalue weighted by molar-refractivity contribution is -0.0512. The lowest BCUT2D eigenvalue weighted by atomic mass is 10.1. The van der Waals surface area contributed by atoms with E-state index in [9.17, 15) is 13.6 Å². The zero-order valence-corrected chi connectivity index (χ0v) is 17.0. The normalized spacial score (nSPS) is 16.2. The van der Waals surface area contributed by atoms with Crippen molar-refractivity contribution in [3.05, 3.63) is 48.0 Å². The van der Waals surface area contributed by atoms with Gasteiger partial charge in [-0.25, -0.2) is 4.98 Å². The zero-order valence-electron chi connectivity index (χ0n) is 16.2. The number of aromatic nitrogens is 1. The number of anilines is 1. The first-order chi connectivity index (χ1) is 14.5. The second-order valence-electron chi connectivity index (χ2n) is 6.76. The third-order valence-electron chi connectivity index (χ3n) is 4.80. The predicted molar refractivity (Wildman–Crippen MR) is 110 cm³/mol.